The standard InChI is InChI=1S/C31H44N2O7S/c1-7-9-10-14-20-40-28-22-25(39-6)17-18-29(28)41(37,38)32(19-8-2)23-27(34)26(21-24-15-12-11-13-16-24)33(30(35)36)31(3,4)5/h7-8,11-13,15-18,22,26-27,34H,1-2,9-10,14,19-21,23H2,3-6H3,(H,35,36)/t26-,27+/m0/s1. The molecule has 41 heavy (non-hydrogen) atoms. The van der Waals surface area contributed by atoms with Crippen molar-refractivity contribution in [3.8, 4) is 11.5 Å². The molecule has 0 aromatic heterocycles. The van der Waals surface area contributed by atoms with Crippen molar-refractivity contribution in [1.82, 2.24) is 9.21 Å². The maximum absolute atomic E-state index is 14.0. The highest BCUT2D eigenvalue weighted by atomic mass is 32.2. The molecule has 2 rings (SSSR count). The second-order valence-corrected chi connectivity index (χ2v) is 12.6. The van der Waals surface area contributed by atoms with Crippen LogP contribution < -0.4 is 9.47 Å². The molecule has 0 heterocycles. The summed E-state index contributed by atoms with van der Waals surface area (Å²) < 4.78 is 40.3. The molecule has 2 aromatic carbocycles. The highest BCUT2D eigenvalue weighted by Crippen LogP contribution is 2.32. The molecule has 0 aliphatic carbocycles. The molecule has 226 valence electrons. The molecule has 9 nitrogen and oxygen atoms in total. The van der Waals surface area contributed by atoms with Crippen molar-refractivity contribution in [2.75, 3.05) is 26.8 Å². The zero-order valence-corrected chi connectivity index (χ0v) is 25.3. The van der Waals surface area contributed by atoms with Crippen molar-refractivity contribution in [2.24, 2.45) is 0 Å². The van der Waals surface area contributed by atoms with Crippen LogP contribution in [0.4, 0.5) is 4.79 Å². The van der Waals surface area contributed by atoms with Crippen molar-refractivity contribution in [1.29, 1.82) is 0 Å². The molecule has 0 saturated carbocycles. The monoisotopic (exact) mass is 588 g/mol. The molecule has 0 saturated heterocycles. The molecule has 0 radical (unpaired) electrons. The Morgan fingerprint density at radius 3 is 2.32 bits per heavy atom. The van der Waals surface area contributed by atoms with Crippen LogP contribution in [0.25, 0.3) is 0 Å². The van der Waals surface area contributed by atoms with E-state index in [0.717, 1.165) is 22.7 Å². The number of aliphatic hydroxyl groups is 1. The number of sulfonamides is 1. The van der Waals surface area contributed by atoms with Gasteiger partial charge in [0.05, 0.1) is 25.9 Å². The summed E-state index contributed by atoms with van der Waals surface area (Å²) in [6.45, 7) is 12.5. The third kappa shape index (κ3) is 9.62. The number of hydrogen-bond donors (Lipinski definition) is 2. The van der Waals surface area contributed by atoms with Gasteiger partial charge in [-0.2, -0.15) is 4.31 Å². The Kier molecular flexibility index (Phi) is 12.9. The number of carboxylic acid groups (broad SMARTS) is 1. The molecule has 1 amide bonds. The normalized spacial score (nSPS) is 13.3. The predicted octanol–water partition coefficient (Wildman–Crippen LogP) is 5.36. The number of ether oxygens (including phenoxy) is 2. The molecule has 0 aliphatic heterocycles. The Bertz CT molecular complexity index is 1240. The lowest BCUT2D eigenvalue weighted by atomic mass is 9.94. The highest BCUT2D eigenvalue weighted by Gasteiger charge is 2.39. The number of carbonyl (C=O) groups is 1. The van der Waals surface area contributed by atoms with E-state index in [1.165, 1.54) is 36.3 Å². The van der Waals surface area contributed by atoms with Crippen LogP contribution in [0.5, 0.6) is 11.5 Å². The summed E-state index contributed by atoms with van der Waals surface area (Å²) in [4.78, 5) is 13.5. The molecular formula is C31H44N2O7S. The Hall–Kier alpha value is -3.34. The number of allylic oxidation sites excluding steroid dienone is 1. The lowest BCUT2D eigenvalue weighted by molar-refractivity contribution is 0.00183. The quantitative estimate of drug-likeness (QED) is 0.189. The van der Waals surface area contributed by atoms with E-state index in [4.69, 9.17) is 9.47 Å². The average Bonchev–Trinajstić information content (AvgIpc) is 2.91. The molecule has 2 aromatic rings. The Morgan fingerprint density at radius 2 is 1.76 bits per heavy atom. The van der Waals surface area contributed by atoms with Crippen LogP contribution in [0, 0.1) is 0 Å². The second-order valence-electron chi connectivity index (χ2n) is 10.7. The maximum atomic E-state index is 14.0. The van der Waals surface area contributed by atoms with Gasteiger partial charge in [-0.3, -0.25) is 4.90 Å². The summed E-state index contributed by atoms with van der Waals surface area (Å²) >= 11 is 0. The molecular weight excluding hydrogens is 544 g/mol. The molecule has 0 spiro atoms. The number of benzene rings is 2. The number of amides is 1. The summed E-state index contributed by atoms with van der Waals surface area (Å²) in [5.74, 6) is 0.569. The second kappa shape index (κ2) is 15.6. The lowest BCUT2D eigenvalue weighted by Crippen LogP contribution is -2.58. The van der Waals surface area contributed by atoms with Crippen LogP contribution >= 0.6 is 0 Å². The molecule has 2 atom stereocenters. The summed E-state index contributed by atoms with van der Waals surface area (Å²) in [5.41, 5.74) is -0.0516. The minimum atomic E-state index is -4.21. The van der Waals surface area contributed by atoms with Crippen molar-refractivity contribution >= 4 is 16.1 Å². The molecule has 0 bridgehead atoms. The Labute approximate surface area is 244 Å². The van der Waals surface area contributed by atoms with E-state index in [9.17, 15) is 23.4 Å². The van der Waals surface area contributed by atoms with Gasteiger partial charge in [0.15, 0.2) is 0 Å². The first-order valence-electron chi connectivity index (χ1n) is 13.6. The van der Waals surface area contributed by atoms with E-state index < -0.39 is 33.8 Å². The number of nitrogens with zero attached hydrogens (tertiary/aromatic N) is 2. The van der Waals surface area contributed by atoms with Crippen molar-refractivity contribution in [3.63, 3.8) is 0 Å². The number of unbranched alkanes of at least 4 members (excludes halogenated alkanes) is 2. The van der Waals surface area contributed by atoms with Crippen LogP contribution in [0.3, 0.4) is 0 Å². The molecule has 2 N–H and O–H groups in total. The van der Waals surface area contributed by atoms with Gasteiger partial charge in [-0.1, -0.05) is 42.5 Å². The fraction of sp³-hybridized carbons (Fsp3) is 0.452. The minimum Gasteiger partial charge on any atom is -0.497 e. The van der Waals surface area contributed by atoms with Crippen LogP contribution in [0.1, 0.15) is 45.6 Å². The van der Waals surface area contributed by atoms with Gasteiger partial charge < -0.3 is 19.7 Å². The SMILES string of the molecule is C=CCCCCOc1cc(OC)ccc1S(=O)(=O)N(CC=C)C[C@@H](O)[C@H](Cc1ccccc1)N(C(=O)O)C(C)(C)C. The smallest absolute Gasteiger partial charge is 0.408 e. The largest absolute Gasteiger partial charge is 0.497 e. The highest BCUT2D eigenvalue weighted by molar-refractivity contribution is 7.89. The summed E-state index contributed by atoms with van der Waals surface area (Å²) in [6, 6.07) is 12.7. The Morgan fingerprint density at radius 1 is 1.07 bits per heavy atom. The van der Waals surface area contributed by atoms with E-state index in [2.05, 4.69) is 13.2 Å². The summed E-state index contributed by atoms with van der Waals surface area (Å²) in [6.07, 6.45) is 3.24. The molecule has 0 aliphatic rings. The molecule has 0 unspecified atom stereocenters. The summed E-state index contributed by atoms with van der Waals surface area (Å²) in [7, 11) is -2.73. The van der Waals surface area contributed by atoms with E-state index in [1.54, 1.807) is 20.8 Å². The molecule has 10 heteroatoms. The Balaban J connectivity index is 2.47. The van der Waals surface area contributed by atoms with Gasteiger partial charge in [-0.25, -0.2) is 13.2 Å². The fourth-order valence-corrected chi connectivity index (χ4v) is 6.12. The zero-order valence-electron chi connectivity index (χ0n) is 24.5. The van der Waals surface area contributed by atoms with E-state index in [1.807, 2.05) is 36.4 Å². The van der Waals surface area contributed by atoms with Crippen molar-refractivity contribution in [3.05, 3.63) is 79.4 Å². The van der Waals surface area contributed by atoms with Gasteiger partial charge in [0.25, 0.3) is 0 Å². The first kappa shape index (κ1) is 33.9. The fourth-order valence-electron chi connectivity index (χ4n) is 4.58. The third-order valence-electron chi connectivity index (χ3n) is 6.54. The van der Waals surface area contributed by atoms with Gasteiger partial charge in [-0.15, -0.1) is 13.2 Å². The van der Waals surface area contributed by atoms with Gasteiger partial charge >= 0.3 is 6.09 Å². The number of aliphatic hydroxyl groups excluding tert-OH is 1. The third-order valence-corrected chi connectivity index (χ3v) is 8.42. The van der Waals surface area contributed by atoms with Crippen LogP contribution in [-0.4, -0.2) is 78.4 Å². The van der Waals surface area contributed by atoms with Crippen molar-refractivity contribution < 1.29 is 32.9 Å². The average molecular weight is 589 g/mol. The first-order chi connectivity index (χ1) is 19.4. The zero-order chi connectivity index (χ0) is 30.6. The van der Waals surface area contributed by atoms with E-state index in [-0.39, 0.29) is 30.2 Å². The molecule has 0 fully saturated rings. The van der Waals surface area contributed by atoms with Gasteiger partial charge in [0.2, 0.25) is 10.0 Å². The number of rotatable bonds is 17. The van der Waals surface area contributed by atoms with Crippen LogP contribution in [0.2, 0.25) is 0 Å². The predicted molar refractivity (Wildman–Crippen MR) is 161 cm³/mol. The van der Waals surface area contributed by atoms with Gasteiger partial charge in [-0.05, 0) is 64.2 Å². The number of hydrogen-bond acceptors (Lipinski definition) is 6. The topological polar surface area (TPSA) is 117 Å². The van der Waals surface area contributed by atoms with E-state index in [0.29, 0.717) is 18.8 Å². The van der Waals surface area contributed by atoms with Crippen LogP contribution in [-0.2, 0) is 16.4 Å². The van der Waals surface area contributed by atoms with Gasteiger partial charge in [0.1, 0.15) is 16.4 Å². The lowest BCUT2D eigenvalue weighted by Gasteiger charge is -2.42. The van der Waals surface area contributed by atoms with E-state index >= 15 is 0 Å². The summed E-state index contributed by atoms with van der Waals surface area (Å²) in [5, 5.41) is 21.7. The van der Waals surface area contributed by atoms with Crippen molar-refractivity contribution in [2.45, 2.75) is 69.0 Å². The number of methoxy groups -OCH3 is 1. The van der Waals surface area contributed by atoms with Crippen LogP contribution in [0.15, 0.2) is 78.7 Å². The first-order valence-corrected chi connectivity index (χ1v) is 15.1. The van der Waals surface area contributed by atoms with Gasteiger partial charge in [0, 0.05) is 24.7 Å². The maximum Gasteiger partial charge on any atom is 0.408 e. The minimum absolute atomic E-state index is 0.0819.